The van der Waals surface area contributed by atoms with Gasteiger partial charge in [-0.2, -0.15) is 0 Å². The minimum atomic E-state index is -2.94. The van der Waals surface area contributed by atoms with E-state index in [2.05, 4.69) is 0 Å². The summed E-state index contributed by atoms with van der Waals surface area (Å²) in [6.07, 6.45) is -41.3. The molecule has 3 aromatic rings. The van der Waals surface area contributed by atoms with E-state index < -0.39 is 204 Å². The van der Waals surface area contributed by atoms with E-state index in [9.17, 15) is 90.7 Å². The molecule has 0 spiro atoms. The Bertz CT molecular complexity index is 2910. The Morgan fingerprint density at radius 3 is 1.70 bits per heavy atom. The van der Waals surface area contributed by atoms with E-state index in [1.165, 1.54) is 92.9 Å². The molecule has 32 nitrogen and oxygen atoms in total. The Balaban J connectivity index is 1.23. The van der Waals surface area contributed by atoms with Crippen LogP contribution >= 0.6 is 0 Å². The predicted molar refractivity (Wildman–Crippen MR) is 293 cm³/mol. The maximum absolute atomic E-state index is 14.4. The zero-order valence-electron chi connectivity index (χ0n) is 48.2. The minimum Gasteiger partial charge on any atom is -0.508 e. The first-order valence-corrected chi connectivity index (χ1v) is 28.1. The fourth-order valence-corrected chi connectivity index (χ4v) is 10.2. The van der Waals surface area contributed by atoms with Gasteiger partial charge < -0.3 is 138 Å². The lowest BCUT2D eigenvalue weighted by atomic mass is 9.95. The molecule has 14 N–H and O–H groups in total. The van der Waals surface area contributed by atoms with Crippen molar-refractivity contribution in [2.75, 3.05) is 40.1 Å². The van der Waals surface area contributed by atoms with Gasteiger partial charge in [0.15, 0.2) is 42.6 Å². The first kappa shape index (κ1) is 69.5. The Hall–Kier alpha value is -6.42. The molecule has 24 atom stereocenters. The van der Waals surface area contributed by atoms with E-state index in [0.29, 0.717) is 5.56 Å². The van der Waals surface area contributed by atoms with Crippen molar-refractivity contribution in [3.8, 4) is 17.2 Å². The number of carbonyl (C=O) groups is 4. The summed E-state index contributed by atoms with van der Waals surface area (Å²) in [5.74, 6) is -7.74. The highest BCUT2D eigenvalue weighted by Gasteiger charge is 2.64. The van der Waals surface area contributed by atoms with Gasteiger partial charge in [-0.05, 0) is 66.6 Å². The van der Waals surface area contributed by atoms with Crippen molar-refractivity contribution in [2.24, 2.45) is 0 Å². The average Bonchev–Trinajstić information content (AvgIpc) is 1.78. The largest absolute Gasteiger partial charge is 0.508 e. The zero-order valence-corrected chi connectivity index (χ0v) is 48.2. The molecule has 32 heteroatoms. The molecule has 0 amide bonds. The highest BCUT2D eigenvalue weighted by molar-refractivity contribution is 5.90. The first-order chi connectivity index (χ1) is 42.9. The first-order valence-electron chi connectivity index (χ1n) is 28.1. The van der Waals surface area contributed by atoms with E-state index in [0.717, 1.165) is 19.1 Å². The molecule has 5 aliphatic heterocycles. The normalized spacial score (nSPS) is 37.1. The van der Waals surface area contributed by atoms with Crippen molar-refractivity contribution in [1.29, 1.82) is 0 Å². The maximum Gasteiger partial charge on any atom is 0.338 e. The molecule has 5 saturated heterocycles. The van der Waals surface area contributed by atoms with Gasteiger partial charge in [-0.15, -0.1) is 0 Å². The number of benzene rings is 3. The number of phenolic OH excluding ortho intramolecular Hbond substituents is 1. The van der Waals surface area contributed by atoms with E-state index in [1.54, 1.807) is 6.07 Å². The van der Waals surface area contributed by atoms with Crippen LogP contribution in [-0.4, -0.2) is 282 Å². The zero-order chi connectivity index (χ0) is 65.3. The molecule has 0 saturated carbocycles. The van der Waals surface area contributed by atoms with Gasteiger partial charge in [0.25, 0.3) is 0 Å². The van der Waals surface area contributed by atoms with Crippen molar-refractivity contribution < 1.29 is 157 Å². The number of ether oxygens (including phenoxy) is 14. The van der Waals surface area contributed by atoms with Crippen LogP contribution in [0, 0.1) is 0 Å². The van der Waals surface area contributed by atoms with Gasteiger partial charge >= 0.3 is 23.9 Å². The highest BCUT2D eigenvalue weighted by Crippen LogP contribution is 2.43. The summed E-state index contributed by atoms with van der Waals surface area (Å²) in [5.41, 5.74) is 0.446. The fraction of sp³-hybridized carbons (Fsp3) is 0.552. The molecule has 8 rings (SSSR count). The Morgan fingerprint density at radius 1 is 0.544 bits per heavy atom. The lowest BCUT2D eigenvalue weighted by Crippen LogP contribution is -2.69. The number of hydrogen-bond donors (Lipinski definition) is 14. The molecule has 0 radical (unpaired) electrons. The number of hydrogen-bond acceptors (Lipinski definition) is 32. The third kappa shape index (κ3) is 16.1. The lowest BCUT2D eigenvalue weighted by molar-refractivity contribution is -0.421. The summed E-state index contributed by atoms with van der Waals surface area (Å²) < 4.78 is 83.1. The van der Waals surface area contributed by atoms with Gasteiger partial charge in [-0.3, -0.25) is 4.79 Å². The minimum absolute atomic E-state index is 0.0110. The highest BCUT2D eigenvalue weighted by atomic mass is 16.8. The summed E-state index contributed by atoms with van der Waals surface area (Å²) >= 11 is 0. The molecule has 0 aromatic heterocycles. The van der Waals surface area contributed by atoms with E-state index >= 15 is 0 Å². The predicted octanol–water partition coefficient (Wildman–Crippen LogP) is -4.86. The van der Waals surface area contributed by atoms with Crippen molar-refractivity contribution in [3.05, 3.63) is 102 Å². The number of rotatable bonds is 23. The molecule has 0 bridgehead atoms. The molecule has 5 heterocycles. The topological polar surface area (TPSA) is 481 Å². The van der Waals surface area contributed by atoms with Crippen molar-refractivity contribution in [3.63, 3.8) is 0 Å². The summed E-state index contributed by atoms with van der Waals surface area (Å²) in [6.45, 7) is -2.95. The number of methoxy groups -OCH3 is 1. The smallest absolute Gasteiger partial charge is 0.338 e. The van der Waals surface area contributed by atoms with Gasteiger partial charge in [-0.25, -0.2) is 14.4 Å². The summed E-state index contributed by atoms with van der Waals surface area (Å²) in [7, 11) is 1.25. The number of carbonyl (C=O) groups excluding carboxylic acids is 4. The third-order valence-corrected chi connectivity index (χ3v) is 15.2. The molecular formula is C58H72O32. The molecule has 0 aliphatic carbocycles. The number of aliphatic hydroxyl groups is 13. The van der Waals surface area contributed by atoms with Crippen LogP contribution in [0.1, 0.15) is 35.3 Å². The van der Waals surface area contributed by atoms with Crippen molar-refractivity contribution >= 4 is 36.0 Å². The van der Waals surface area contributed by atoms with Gasteiger partial charge in [0.2, 0.25) is 12.1 Å². The Kier molecular flexibility index (Phi) is 23.8. The quantitative estimate of drug-likeness (QED) is 0.0240. The average molecular weight is 1280 g/mol. The third-order valence-electron chi connectivity index (χ3n) is 15.2. The van der Waals surface area contributed by atoms with E-state index in [4.69, 9.17) is 66.3 Å². The molecule has 5 fully saturated rings. The number of esters is 4. The second-order valence-electron chi connectivity index (χ2n) is 21.4. The van der Waals surface area contributed by atoms with Crippen LogP contribution in [0.5, 0.6) is 17.2 Å². The molecular weight excluding hydrogens is 1210 g/mol. The Morgan fingerprint density at radius 2 is 1.10 bits per heavy atom. The van der Waals surface area contributed by atoms with Crippen LogP contribution in [0.15, 0.2) is 84.9 Å². The van der Waals surface area contributed by atoms with Gasteiger partial charge in [0, 0.05) is 19.1 Å². The van der Waals surface area contributed by atoms with Crippen LogP contribution in [0.3, 0.4) is 0 Å². The van der Waals surface area contributed by atoms with Crippen LogP contribution in [0.2, 0.25) is 0 Å². The van der Waals surface area contributed by atoms with Crippen LogP contribution in [0.25, 0.3) is 12.2 Å². The van der Waals surface area contributed by atoms with Crippen molar-refractivity contribution in [2.45, 2.75) is 161 Å². The number of phenols is 1. The molecule has 90 heavy (non-hydrogen) atoms. The second kappa shape index (κ2) is 30.8. The van der Waals surface area contributed by atoms with Gasteiger partial charge in [0.1, 0.15) is 117 Å². The Labute approximate surface area is 511 Å². The molecule has 5 aliphatic rings. The van der Waals surface area contributed by atoms with Crippen LogP contribution in [-0.2, 0) is 71.2 Å². The number of aromatic hydroxyl groups is 1. The van der Waals surface area contributed by atoms with Gasteiger partial charge in [0.05, 0.1) is 38.6 Å². The summed E-state index contributed by atoms with van der Waals surface area (Å²) in [4.78, 5) is 54.8. The standard InChI is InChI=1S/C58H72O32/c1-25-39(66)43(70)46(73)54(80-25)81-31-16-11-28(19-32(31)77-3)13-18-38(65)85-49-36(23-78-26(2)62)84-57(51(87-56-48(75)45(72)41(68)34(21-60)83-56)50(49)86-55-47(74)44(71)40(67)33(20-59)82-55)90-58(24-79-37(64)17-12-27-9-14-30(63)15-10-27)52(42(69)35(22-61)89-58)88-53(76)29-7-5-4-6-8-29/h4-19,25,33-36,39-52,54-57,59-61,63,66-75H,20-24H2,1-3H3/b17-12+,18-13+/t25-,33+,34+,35+,36+,39-,40+,41+,42+,43+,44-,45-,46+,47+,48+,49+,50-,51+,52-,54-,55-,56-,57+,58-/m0/s1. The lowest BCUT2D eigenvalue weighted by Gasteiger charge is -2.50. The summed E-state index contributed by atoms with van der Waals surface area (Å²) in [5, 5.41) is 151. The van der Waals surface area contributed by atoms with Crippen LogP contribution < -0.4 is 9.47 Å². The number of aliphatic hydroxyl groups excluding tert-OH is 13. The monoisotopic (exact) mass is 1280 g/mol. The molecule has 3 aromatic carbocycles. The summed E-state index contributed by atoms with van der Waals surface area (Å²) in [6, 6.07) is 16.7. The molecule has 0 unspecified atom stereocenters. The molecule has 496 valence electrons. The SMILES string of the molecule is COc1cc(/C=C/C(=O)O[C@H]2[C@H](O[C@@H]3O[C@H](CO)[C@@H](O)[C@H](O)[C@H]3O)[C@@H](O[C@@H]3O[C@H](CO)[C@@H](O)[C@H](O)[C@H]3O)[C@@H](O[C@]3(COC(=O)/C=C/c4ccc(O)cc4)O[C@H](CO)[C@@H](O)[C@@H]3OC(=O)c3ccccc3)O[C@@H]2COC(C)=O)ccc1O[C@@H]1O[C@@H](C)[C@H](O)[C@@H](O)[C@H]1O. The fourth-order valence-electron chi connectivity index (χ4n) is 10.2. The van der Waals surface area contributed by atoms with Crippen molar-refractivity contribution in [1.82, 2.24) is 0 Å². The van der Waals surface area contributed by atoms with E-state index in [1.807, 2.05) is 0 Å². The second-order valence-corrected chi connectivity index (χ2v) is 21.4. The van der Waals surface area contributed by atoms with E-state index in [-0.39, 0.29) is 28.4 Å². The van der Waals surface area contributed by atoms with Gasteiger partial charge in [-0.1, -0.05) is 36.4 Å². The van der Waals surface area contributed by atoms with Crippen LogP contribution in [0.4, 0.5) is 0 Å². The maximum atomic E-state index is 14.4.